The zero-order valence-corrected chi connectivity index (χ0v) is 12.9. The van der Waals surface area contributed by atoms with Crippen LogP contribution >= 0.6 is 0 Å². The maximum Gasteiger partial charge on any atom is 0.338 e. The number of amides is 1. The fourth-order valence-corrected chi connectivity index (χ4v) is 2.18. The molecule has 0 aliphatic carbocycles. The maximum absolute atomic E-state index is 13.4. The number of hydrogen-bond donors (Lipinski definition) is 1. The number of fused-ring (bicyclic) bond motifs is 1. The predicted molar refractivity (Wildman–Crippen MR) is 82.7 cm³/mol. The van der Waals surface area contributed by atoms with Crippen molar-refractivity contribution >= 4 is 17.6 Å². The van der Waals surface area contributed by atoms with Gasteiger partial charge in [-0.05, 0) is 30.3 Å². The molecule has 6 nitrogen and oxygen atoms in total. The van der Waals surface area contributed by atoms with E-state index in [0.717, 1.165) is 12.1 Å². The van der Waals surface area contributed by atoms with E-state index in [2.05, 4.69) is 0 Å². The average Bonchev–Trinajstić information content (AvgIpc) is 2.62. The second-order valence-electron chi connectivity index (χ2n) is 5.08. The van der Waals surface area contributed by atoms with Gasteiger partial charge < -0.3 is 19.5 Å². The topological polar surface area (TPSA) is 73.9 Å². The first kappa shape index (κ1) is 16.7. The molecule has 0 unspecified atom stereocenters. The molecule has 0 bridgehead atoms. The molecule has 25 heavy (non-hydrogen) atoms. The Kier molecular flexibility index (Phi) is 4.78. The summed E-state index contributed by atoms with van der Waals surface area (Å²) in [7, 11) is 0. The molecule has 1 aliphatic rings. The summed E-state index contributed by atoms with van der Waals surface area (Å²) in [6.45, 7) is 0.0900. The molecule has 0 fully saturated rings. The van der Waals surface area contributed by atoms with Gasteiger partial charge in [0.15, 0.2) is 18.1 Å². The van der Waals surface area contributed by atoms with Gasteiger partial charge in [-0.2, -0.15) is 0 Å². The van der Waals surface area contributed by atoms with E-state index in [1.54, 1.807) is 6.07 Å². The van der Waals surface area contributed by atoms with Crippen LogP contribution in [0.25, 0.3) is 0 Å². The minimum atomic E-state index is -0.925. The number of esters is 1. The zero-order chi connectivity index (χ0) is 17.8. The lowest BCUT2D eigenvalue weighted by Gasteiger charge is -2.18. The molecule has 2 aromatic rings. The summed E-state index contributed by atoms with van der Waals surface area (Å²) in [6, 6.07) is 7.62. The van der Waals surface area contributed by atoms with Crippen molar-refractivity contribution in [3.05, 3.63) is 53.6 Å². The minimum Gasteiger partial charge on any atom is -0.486 e. The number of carbonyl (C=O) groups is 2. The van der Waals surface area contributed by atoms with Crippen molar-refractivity contribution in [2.45, 2.75) is 0 Å². The lowest BCUT2D eigenvalue weighted by Crippen LogP contribution is -2.22. The van der Waals surface area contributed by atoms with E-state index >= 15 is 0 Å². The van der Waals surface area contributed by atoms with E-state index < -0.39 is 35.8 Å². The quantitative estimate of drug-likeness (QED) is 0.859. The van der Waals surface area contributed by atoms with E-state index in [1.807, 2.05) is 5.32 Å². The highest BCUT2D eigenvalue weighted by Gasteiger charge is 2.17. The third kappa shape index (κ3) is 3.85. The van der Waals surface area contributed by atoms with E-state index in [1.165, 1.54) is 18.2 Å². The summed E-state index contributed by atoms with van der Waals surface area (Å²) in [5.74, 6) is -2.58. The highest BCUT2D eigenvalue weighted by Crippen LogP contribution is 2.30. The van der Waals surface area contributed by atoms with Crippen LogP contribution in [0.1, 0.15) is 10.4 Å². The van der Waals surface area contributed by atoms with Crippen LogP contribution in [-0.4, -0.2) is 31.7 Å². The molecular weight excluding hydrogens is 336 g/mol. The Labute approximate surface area is 141 Å². The van der Waals surface area contributed by atoms with Crippen molar-refractivity contribution in [2.24, 2.45) is 0 Å². The molecule has 2 aromatic carbocycles. The molecule has 1 aliphatic heterocycles. The Morgan fingerprint density at radius 3 is 2.44 bits per heavy atom. The lowest BCUT2D eigenvalue weighted by molar-refractivity contribution is -0.119. The van der Waals surface area contributed by atoms with Crippen LogP contribution in [0.15, 0.2) is 36.4 Å². The molecule has 1 heterocycles. The standard InChI is InChI=1S/C17H13F2NO5/c18-11-2-1-3-12(19)16(11)20-15(21)9-25-17(22)10-4-5-13-14(8-10)24-7-6-23-13/h1-5,8H,6-7,9H2,(H,20,21). The molecular formula is C17H13F2NO5. The summed E-state index contributed by atoms with van der Waals surface area (Å²) in [5.41, 5.74) is -0.433. The van der Waals surface area contributed by atoms with Gasteiger partial charge in [0.05, 0.1) is 5.56 Å². The van der Waals surface area contributed by atoms with Crippen LogP contribution in [0.5, 0.6) is 11.5 Å². The normalized spacial score (nSPS) is 12.4. The van der Waals surface area contributed by atoms with Gasteiger partial charge in [0.1, 0.15) is 30.5 Å². The van der Waals surface area contributed by atoms with Gasteiger partial charge in [0.25, 0.3) is 5.91 Å². The molecule has 0 atom stereocenters. The van der Waals surface area contributed by atoms with E-state index in [9.17, 15) is 18.4 Å². The molecule has 0 spiro atoms. The zero-order valence-electron chi connectivity index (χ0n) is 12.9. The Hall–Kier alpha value is -3.16. The number of halogens is 2. The summed E-state index contributed by atoms with van der Waals surface area (Å²) >= 11 is 0. The van der Waals surface area contributed by atoms with Crippen LogP contribution in [0, 0.1) is 11.6 Å². The Bertz CT molecular complexity index is 804. The summed E-state index contributed by atoms with van der Waals surface area (Å²) in [6.07, 6.45) is 0. The molecule has 1 N–H and O–H groups in total. The Morgan fingerprint density at radius 2 is 1.72 bits per heavy atom. The first-order valence-electron chi connectivity index (χ1n) is 7.35. The Balaban J connectivity index is 1.59. The van der Waals surface area contributed by atoms with Crippen LogP contribution in [0.4, 0.5) is 14.5 Å². The van der Waals surface area contributed by atoms with Gasteiger partial charge in [-0.1, -0.05) is 6.07 Å². The van der Waals surface area contributed by atoms with Crippen LogP contribution in [0.3, 0.4) is 0 Å². The number of hydrogen-bond acceptors (Lipinski definition) is 5. The SMILES string of the molecule is O=C(COC(=O)c1ccc2c(c1)OCCO2)Nc1c(F)cccc1F. The number of para-hydroxylation sites is 1. The summed E-state index contributed by atoms with van der Waals surface area (Å²) < 4.78 is 42.4. The molecule has 130 valence electrons. The van der Waals surface area contributed by atoms with Crippen molar-refractivity contribution in [1.29, 1.82) is 0 Å². The van der Waals surface area contributed by atoms with Crippen LogP contribution in [0.2, 0.25) is 0 Å². The van der Waals surface area contributed by atoms with Gasteiger partial charge >= 0.3 is 5.97 Å². The fourth-order valence-electron chi connectivity index (χ4n) is 2.18. The number of benzene rings is 2. The smallest absolute Gasteiger partial charge is 0.338 e. The number of carbonyl (C=O) groups excluding carboxylic acids is 2. The predicted octanol–water partition coefficient (Wildman–Crippen LogP) is 2.53. The Morgan fingerprint density at radius 1 is 1.04 bits per heavy atom. The second kappa shape index (κ2) is 7.16. The average molecular weight is 349 g/mol. The third-order valence-electron chi connectivity index (χ3n) is 3.34. The first-order chi connectivity index (χ1) is 12.0. The molecule has 8 heteroatoms. The van der Waals surface area contributed by atoms with Gasteiger partial charge in [-0.25, -0.2) is 13.6 Å². The highest BCUT2D eigenvalue weighted by molar-refractivity contribution is 5.95. The summed E-state index contributed by atoms with van der Waals surface area (Å²) in [5, 5.41) is 2.02. The number of anilines is 1. The first-order valence-corrected chi connectivity index (χ1v) is 7.35. The molecule has 0 saturated heterocycles. The number of rotatable bonds is 4. The molecule has 0 saturated carbocycles. The lowest BCUT2D eigenvalue weighted by atomic mass is 10.2. The van der Waals surface area contributed by atoms with Crippen molar-refractivity contribution in [1.82, 2.24) is 0 Å². The number of ether oxygens (including phenoxy) is 3. The second-order valence-corrected chi connectivity index (χ2v) is 5.08. The molecule has 3 rings (SSSR count). The fraction of sp³-hybridized carbons (Fsp3) is 0.176. The van der Waals surface area contributed by atoms with E-state index in [-0.39, 0.29) is 5.56 Å². The van der Waals surface area contributed by atoms with E-state index in [4.69, 9.17) is 14.2 Å². The molecule has 1 amide bonds. The molecule has 0 radical (unpaired) electrons. The van der Waals surface area contributed by atoms with Gasteiger partial charge in [0.2, 0.25) is 0 Å². The van der Waals surface area contributed by atoms with Crippen molar-refractivity contribution in [3.8, 4) is 11.5 Å². The van der Waals surface area contributed by atoms with Gasteiger partial charge in [0, 0.05) is 0 Å². The van der Waals surface area contributed by atoms with Gasteiger partial charge in [-0.15, -0.1) is 0 Å². The van der Waals surface area contributed by atoms with E-state index in [0.29, 0.717) is 24.7 Å². The monoisotopic (exact) mass is 349 g/mol. The highest BCUT2D eigenvalue weighted by atomic mass is 19.1. The number of nitrogens with one attached hydrogen (secondary N) is 1. The molecule has 0 aromatic heterocycles. The van der Waals surface area contributed by atoms with Crippen molar-refractivity contribution < 1.29 is 32.6 Å². The summed E-state index contributed by atoms with van der Waals surface area (Å²) in [4.78, 5) is 23.7. The maximum atomic E-state index is 13.4. The minimum absolute atomic E-state index is 0.161. The van der Waals surface area contributed by atoms with Crippen LogP contribution < -0.4 is 14.8 Å². The van der Waals surface area contributed by atoms with Crippen molar-refractivity contribution in [2.75, 3.05) is 25.1 Å². The van der Waals surface area contributed by atoms with Gasteiger partial charge in [-0.3, -0.25) is 4.79 Å². The van der Waals surface area contributed by atoms with Crippen molar-refractivity contribution in [3.63, 3.8) is 0 Å². The van der Waals surface area contributed by atoms with Crippen LogP contribution in [-0.2, 0) is 9.53 Å². The third-order valence-corrected chi connectivity index (χ3v) is 3.34. The largest absolute Gasteiger partial charge is 0.486 e.